The van der Waals surface area contributed by atoms with E-state index in [1.165, 1.54) is 58.0 Å². The Morgan fingerprint density at radius 1 is 1.06 bits per heavy atom. The Labute approximate surface area is 107 Å². The summed E-state index contributed by atoms with van der Waals surface area (Å²) < 4.78 is 0. The van der Waals surface area contributed by atoms with Gasteiger partial charge in [-0.2, -0.15) is 0 Å². The average molecular weight is 238 g/mol. The lowest BCUT2D eigenvalue weighted by atomic mass is 9.87. The van der Waals surface area contributed by atoms with E-state index >= 15 is 0 Å². The van der Waals surface area contributed by atoms with Gasteiger partial charge >= 0.3 is 0 Å². The summed E-state index contributed by atoms with van der Waals surface area (Å²) in [6.45, 7) is 7.43. The lowest BCUT2D eigenvalue weighted by molar-refractivity contribution is 0.0797. The van der Waals surface area contributed by atoms with Crippen molar-refractivity contribution in [3.05, 3.63) is 0 Å². The molecule has 2 rings (SSSR count). The van der Waals surface area contributed by atoms with Crippen LogP contribution < -0.4 is 5.32 Å². The number of nitrogens with zero attached hydrogens (tertiary/aromatic N) is 1. The van der Waals surface area contributed by atoms with E-state index in [4.69, 9.17) is 0 Å². The molecule has 17 heavy (non-hydrogen) atoms. The maximum atomic E-state index is 3.37. The molecule has 0 radical (unpaired) electrons. The molecular formula is C15H30N2. The minimum Gasteiger partial charge on any atom is -0.319 e. The highest BCUT2D eigenvalue weighted by Crippen LogP contribution is 2.38. The SMILES string of the molecule is CNCC1CCN(C2CCCCCC2)C1(C)C. The van der Waals surface area contributed by atoms with Gasteiger partial charge in [0.2, 0.25) is 0 Å². The van der Waals surface area contributed by atoms with Crippen molar-refractivity contribution in [3.8, 4) is 0 Å². The third kappa shape index (κ3) is 2.85. The van der Waals surface area contributed by atoms with Gasteiger partial charge in [0.1, 0.15) is 0 Å². The molecule has 0 bridgehead atoms. The Balaban J connectivity index is 2.00. The van der Waals surface area contributed by atoms with E-state index in [1.54, 1.807) is 0 Å². The first-order valence-corrected chi connectivity index (χ1v) is 7.57. The largest absolute Gasteiger partial charge is 0.319 e. The van der Waals surface area contributed by atoms with Gasteiger partial charge in [-0.3, -0.25) is 4.90 Å². The van der Waals surface area contributed by atoms with Crippen LogP contribution in [0.1, 0.15) is 58.8 Å². The van der Waals surface area contributed by atoms with Crippen molar-refractivity contribution in [2.24, 2.45) is 5.92 Å². The molecule has 2 nitrogen and oxygen atoms in total. The second kappa shape index (κ2) is 5.71. The molecule has 1 aliphatic carbocycles. The quantitative estimate of drug-likeness (QED) is 0.760. The summed E-state index contributed by atoms with van der Waals surface area (Å²) in [5.41, 5.74) is 0.401. The van der Waals surface area contributed by atoms with E-state index in [-0.39, 0.29) is 0 Å². The highest BCUT2D eigenvalue weighted by Gasteiger charge is 2.43. The molecule has 1 saturated heterocycles. The van der Waals surface area contributed by atoms with Gasteiger partial charge in [0.05, 0.1) is 0 Å². The topological polar surface area (TPSA) is 15.3 Å². The number of rotatable bonds is 3. The first-order chi connectivity index (χ1) is 8.16. The molecule has 1 saturated carbocycles. The molecule has 0 amide bonds. The molecule has 0 spiro atoms. The Bertz CT molecular complexity index is 229. The van der Waals surface area contributed by atoms with Crippen LogP contribution in [0.3, 0.4) is 0 Å². The van der Waals surface area contributed by atoms with Crippen LogP contribution in [0.2, 0.25) is 0 Å². The first kappa shape index (κ1) is 13.4. The predicted molar refractivity (Wildman–Crippen MR) is 74.3 cm³/mol. The highest BCUT2D eigenvalue weighted by atomic mass is 15.2. The van der Waals surface area contributed by atoms with Gasteiger partial charge in [-0.15, -0.1) is 0 Å². The van der Waals surface area contributed by atoms with Gasteiger partial charge in [0.15, 0.2) is 0 Å². The Morgan fingerprint density at radius 3 is 2.29 bits per heavy atom. The minimum absolute atomic E-state index is 0.401. The van der Waals surface area contributed by atoms with E-state index in [2.05, 4.69) is 31.1 Å². The van der Waals surface area contributed by atoms with Crippen LogP contribution in [0.4, 0.5) is 0 Å². The summed E-state index contributed by atoms with van der Waals surface area (Å²) in [7, 11) is 2.09. The zero-order valence-corrected chi connectivity index (χ0v) is 12.0. The van der Waals surface area contributed by atoms with Crippen LogP contribution in [0.25, 0.3) is 0 Å². The van der Waals surface area contributed by atoms with Crippen molar-refractivity contribution in [3.63, 3.8) is 0 Å². The minimum atomic E-state index is 0.401. The molecule has 1 N–H and O–H groups in total. The van der Waals surface area contributed by atoms with Crippen LogP contribution in [0.15, 0.2) is 0 Å². The molecule has 2 aliphatic rings. The number of likely N-dealkylation sites (tertiary alicyclic amines) is 1. The molecule has 1 unspecified atom stereocenters. The van der Waals surface area contributed by atoms with Crippen molar-refractivity contribution in [1.82, 2.24) is 10.2 Å². The molecule has 1 atom stereocenters. The summed E-state index contributed by atoms with van der Waals surface area (Å²) >= 11 is 0. The van der Waals surface area contributed by atoms with Crippen LogP contribution >= 0.6 is 0 Å². The van der Waals surface area contributed by atoms with Gasteiger partial charge in [-0.25, -0.2) is 0 Å². The number of hydrogen-bond acceptors (Lipinski definition) is 2. The Morgan fingerprint density at radius 2 is 1.71 bits per heavy atom. The molecule has 0 aromatic carbocycles. The smallest absolute Gasteiger partial charge is 0.0196 e. The van der Waals surface area contributed by atoms with Crippen LogP contribution in [0, 0.1) is 5.92 Å². The van der Waals surface area contributed by atoms with Gasteiger partial charge in [-0.05, 0) is 59.2 Å². The molecular weight excluding hydrogens is 208 g/mol. The van der Waals surface area contributed by atoms with Gasteiger partial charge in [0, 0.05) is 11.6 Å². The summed E-state index contributed by atoms with van der Waals surface area (Å²) in [4.78, 5) is 2.83. The van der Waals surface area contributed by atoms with Crippen molar-refractivity contribution in [2.75, 3.05) is 20.1 Å². The van der Waals surface area contributed by atoms with Crippen LogP contribution in [-0.2, 0) is 0 Å². The highest BCUT2D eigenvalue weighted by molar-refractivity contribution is 4.98. The summed E-state index contributed by atoms with van der Waals surface area (Å²) in [5, 5.41) is 3.37. The fraction of sp³-hybridized carbons (Fsp3) is 1.00. The third-order valence-electron chi connectivity index (χ3n) is 5.17. The first-order valence-electron chi connectivity index (χ1n) is 7.57. The molecule has 100 valence electrons. The third-order valence-corrected chi connectivity index (χ3v) is 5.17. The van der Waals surface area contributed by atoms with E-state index < -0.39 is 0 Å². The molecule has 0 aromatic heterocycles. The summed E-state index contributed by atoms with van der Waals surface area (Å²) in [6, 6.07) is 0.870. The predicted octanol–water partition coefficient (Wildman–Crippen LogP) is 3.03. The zero-order chi connectivity index (χ0) is 12.3. The van der Waals surface area contributed by atoms with Crippen LogP contribution in [0.5, 0.6) is 0 Å². The van der Waals surface area contributed by atoms with E-state index in [9.17, 15) is 0 Å². The Hall–Kier alpha value is -0.0800. The Kier molecular flexibility index (Phi) is 4.48. The average Bonchev–Trinajstić information content (AvgIpc) is 2.51. The van der Waals surface area contributed by atoms with Gasteiger partial charge in [-0.1, -0.05) is 25.7 Å². The van der Waals surface area contributed by atoms with Crippen molar-refractivity contribution < 1.29 is 0 Å². The van der Waals surface area contributed by atoms with Crippen LogP contribution in [-0.4, -0.2) is 36.6 Å². The van der Waals surface area contributed by atoms with E-state index in [1.807, 2.05) is 0 Å². The molecule has 0 aromatic rings. The maximum Gasteiger partial charge on any atom is 0.0196 e. The van der Waals surface area contributed by atoms with Crippen molar-refractivity contribution in [2.45, 2.75) is 70.4 Å². The number of nitrogens with one attached hydrogen (secondary N) is 1. The zero-order valence-electron chi connectivity index (χ0n) is 12.0. The van der Waals surface area contributed by atoms with Gasteiger partial charge in [0.25, 0.3) is 0 Å². The molecule has 1 heterocycles. The maximum absolute atomic E-state index is 3.37. The summed E-state index contributed by atoms with van der Waals surface area (Å²) in [5.74, 6) is 0.829. The number of hydrogen-bond donors (Lipinski definition) is 1. The molecule has 2 fully saturated rings. The fourth-order valence-electron chi connectivity index (χ4n) is 3.99. The molecule has 1 aliphatic heterocycles. The lowest BCUT2D eigenvalue weighted by Crippen LogP contribution is -2.49. The van der Waals surface area contributed by atoms with Crippen molar-refractivity contribution >= 4 is 0 Å². The lowest BCUT2D eigenvalue weighted by Gasteiger charge is -2.41. The van der Waals surface area contributed by atoms with E-state index in [0.717, 1.165) is 12.0 Å². The molecule has 2 heteroatoms. The fourth-order valence-corrected chi connectivity index (χ4v) is 3.99. The standard InChI is InChI=1S/C15H30N2/c1-15(2)13(12-16-3)10-11-17(15)14-8-6-4-5-7-9-14/h13-14,16H,4-12H2,1-3H3. The van der Waals surface area contributed by atoms with Crippen molar-refractivity contribution in [1.29, 1.82) is 0 Å². The van der Waals surface area contributed by atoms with Gasteiger partial charge < -0.3 is 5.32 Å². The summed E-state index contributed by atoms with van der Waals surface area (Å²) in [6.07, 6.45) is 10.1. The van der Waals surface area contributed by atoms with E-state index in [0.29, 0.717) is 5.54 Å². The second-order valence-electron chi connectivity index (χ2n) is 6.54. The second-order valence-corrected chi connectivity index (χ2v) is 6.54. The monoisotopic (exact) mass is 238 g/mol. The normalized spacial score (nSPS) is 31.6.